The molecule has 1 atom stereocenters. The Morgan fingerprint density at radius 3 is 2.36 bits per heavy atom. The van der Waals surface area contributed by atoms with Crippen LogP contribution in [0.25, 0.3) is 0 Å². The van der Waals surface area contributed by atoms with Crippen LogP contribution in [0.2, 0.25) is 0 Å². The first-order valence-corrected chi connectivity index (χ1v) is 11.1. The number of hydrogen-bond acceptors (Lipinski definition) is 4. The molecular weight excluding hydrogens is 376 g/mol. The van der Waals surface area contributed by atoms with E-state index in [1.54, 1.807) is 25.1 Å². The molecule has 2 aromatic rings. The molecule has 28 heavy (non-hydrogen) atoms. The minimum absolute atomic E-state index is 0.0427. The molecule has 6 heteroatoms. The van der Waals surface area contributed by atoms with Crippen LogP contribution in [0.4, 0.5) is 0 Å². The maximum atomic E-state index is 12.3. The Kier molecular flexibility index (Phi) is 6.52. The van der Waals surface area contributed by atoms with Crippen molar-refractivity contribution in [2.45, 2.75) is 49.8 Å². The fourth-order valence-electron chi connectivity index (χ4n) is 3.97. The first-order chi connectivity index (χ1) is 13.4. The highest BCUT2D eigenvalue weighted by atomic mass is 32.2. The second kappa shape index (κ2) is 8.88. The molecule has 0 radical (unpaired) electrons. The number of carboxylic acid groups (broad SMARTS) is 1. The molecule has 1 fully saturated rings. The first kappa shape index (κ1) is 20.6. The summed E-state index contributed by atoms with van der Waals surface area (Å²) >= 11 is 0. The molecule has 5 nitrogen and oxygen atoms in total. The third-order valence-corrected chi connectivity index (χ3v) is 6.94. The van der Waals surface area contributed by atoms with Crippen molar-refractivity contribution in [1.82, 2.24) is 0 Å². The third kappa shape index (κ3) is 4.80. The third-order valence-electron chi connectivity index (χ3n) is 5.47. The van der Waals surface area contributed by atoms with Gasteiger partial charge in [-0.1, -0.05) is 55.3 Å². The zero-order chi connectivity index (χ0) is 20.1. The lowest BCUT2D eigenvalue weighted by Gasteiger charge is -2.19. The quantitative estimate of drug-likeness (QED) is 0.666. The normalized spacial score (nSPS) is 16.2. The van der Waals surface area contributed by atoms with Crippen molar-refractivity contribution < 1.29 is 22.5 Å². The van der Waals surface area contributed by atoms with E-state index in [-0.39, 0.29) is 17.4 Å². The Hall–Kier alpha value is -2.18. The van der Waals surface area contributed by atoms with Gasteiger partial charge in [0, 0.05) is 0 Å². The molecule has 2 aromatic carbocycles. The lowest BCUT2D eigenvalue weighted by atomic mass is 9.84. The van der Waals surface area contributed by atoms with Gasteiger partial charge in [-0.25, -0.2) is 0 Å². The van der Waals surface area contributed by atoms with Gasteiger partial charge in [0.1, 0.15) is 0 Å². The molecule has 0 spiro atoms. The number of benzene rings is 2. The van der Waals surface area contributed by atoms with Crippen molar-refractivity contribution in [3.05, 3.63) is 65.2 Å². The van der Waals surface area contributed by atoms with E-state index < -0.39 is 22.0 Å². The molecular formula is C22H26O5S. The van der Waals surface area contributed by atoms with Gasteiger partial charge in [-0.2, -0.15) is 8.42 Å². The molecule has 1 aliphatic rings. The molecule has 0 aromatic heterocycles. The van der Waals surface area contributed by atoms with Gasteiger partial charge in [-0.05, 0) is 54.9 Å². The van der Waals surface area contributed by atoms with Crippen LogP contribution in [-0.4, -0.2) is 26.1 Å². The van der Waals surface area contributed by atoms with Crippen molar-refractivity contribution in [1.29, 1.82) is 0 Å². The lowest BCUT2D eigenvalue weighted by molar-refractivity contribution is -0.140. The average Bonchev–Trinajstić information content (AvgIpc) is 3.17. The zero-order valence-electron chi connectivity index (χ0n) is 16.0. The topological polar surface area (TPSA) is 80.7 Å². The number of aliphatic carboxylic acids is 1. The van der Waals surface area contributed by atoms with E-state index in [4.69, 9.17) is 4.18 Å². The van der Waals surface area contributed by atoms with Crippen molar-refractivity contribution in [3.8, 4) is 0 Å². The summed E-state index contributed by atoms with van der Waals surface area (Å²) in [6, 6.07) is 14.2. The van der Waals surface area contributed by atoms with Crippen LogP contribution in [-0.2, 0) is 25.5 Å². The summed E-state index contributed by atoms with van der Waals surface area (Å²) in [6.07, 6.45) is 4.55. The van der Waals surface area contributed by atoms with E-state index in [0.29, 0.717) is 12.0 Å². The van der Waals surface area contributed by atoms with Gasteiger partial charge < -0.3 is 5.11 Å². The molecule has 0 bridgehead atoms. The standard InChI is InChI=1S/C22H26O5S/c1-16-6-2-5-9-20(16)28(25,26)27-15-14-17-10-12-19(13-11-17)21(22(23)24)18-7-3-4-8-18/h2,5-6,9-13,18,21H,3-4,7-8,14-15H2,1H3,(H,23,24). The van der Waals surface area contributed by atoms with Gasteiger partial charge in [0.15, 0.2) is 0 Å². The van der Waals surface area contributed by atoms with Gasteiger partial charge in [0.05, 0.1) is 17.4 Å². The average molecular weight is 403 g/mol. The minimum atomic E-state index is -3.78. The summed E-state index contributed by atoms with van der Waals surface area (Å²) < 4.78 is 29.8. The van der Waals surface area contributed by atoms with Crippen molar-refractivity contribution in [2.24, 2.45) is 5.92 Å². The summed E-state index contributed by atoms with van der Waals surface area (Å²) in [4.78, 5) is 11.9. The minimum Gasteiger partial charge on any atom is -0.481 e. The van der Waals surface area contributed by atoms with E-state index in [1.165, 1.54) is 6.07 Å². The highest BCUT2D eigenvalue weighted by molar-refractivity contribution is 7.86. The van der Waals surface area contributed by atoms with Gasteiger partial charge >= 0.3 is 5.97 Å². The largest absolute Gasteiger partial charge is 0.481 e. The smallest absolute Gasteiger partial charge is 0.311 e. The highest BCUT2D eigenvalue weighted by Gasteiger charge is 2.31. The monoisotopic (exact) mass is 402 g/mol. The number of hydrogen-bond donors (Lipinski definition) is 1. The summed E-state index contributed by atoms with van der Waals surface area (Å²) in [6.45, 7) is 1.78. The van der Waals surface area contributed by atoms with Gasteiger partial charge in [0.25, 0.3) is 10.1 Å². The van der Waals surface area contributed by atoms with Crippen LogP contribution < -0.4 is 0 Å². The maximum absolute atomic E-state index is 12.3. The number of aryl methyl sites for hydroxylation is 1. The molecule has 0 amide bonds. The van der Waals surface area contributed by atoms with E-state index in [2.05, 4.69) is 0 Å². The Morgan fingerprint density at radius 2 is 1.75 bits per heavy atom. The Balaban J connectivity index is 1.61. The van der Waals surface area contributed by atoms with Crippen LogP contribution in [0.5, 0.6) is 0 Å². The SMILES string of the molecule is Cc1ccccc1S(=O)(=O)OCCc1ccc(C(C(=O)O)C2CCCC2)cc1. The Bertz CT molecular complexity index is 912. The Labute approximate surface area is 166 Å². The Morgan fingerprint density at radius 1 is 1.11 bits per heavy atom. The molecule has 1 N–H and O–H groups in total. The fourth-order valence-corrected chi connectivity index (χ4v) is 5.11. The van der Waals surface area contributed by atoms with Gasteiger partial charge in [0.2, 0.25) is 0 Å². The van der Waals surface area contributed by atoms with Crippen LogP contribution in [0.15, 0.2) is 53.4 Å². The maximum Gasteiger partial charge on any atom is 0.311 e. The molecule has 0 aliphatic heterocycles. The fraction of sp³-hybridized carbons (Fsp3) is 0.409. The second-order valence-corrected chi connectivity index (χ2v) is 8.98. The van der Waals surface area contributed by atoms with E-state index in [9.17, 15) is 18.3 Å². The predicted molar refractivity (Wildman–Crippen MR) is 107 cm³/mol. The van der Waals surface area contributed by atoms with Crippen molar-refractivity contribution in [2.75, 3.05) is 6.61 Å². The van der Waals surface area contributed by atoms with Crippen LogP contribution in [0.1, 0.15) is 48.3 Å². The van der Waals surface area contributed by atoms with Crippen LogP contribution in [0.3, 0.4) is 0 Å². The molecule has 1 aliphatic carbocycles. The predicted octanol–water partition coefficient (Wildman–Crippen LogP) is 4.30. The zero-order valence-corrected chi connectivity index (χ0v) is 16.8. The van der Waals surface area contributed by atoms with E-state index in [0.717, 1.165) is 36.8 Å². The summed E-state index contributed by atoms with van der Waals surface area (Å²) in [5.74, 6) is -1.03. The van der Waals surface area contributed by atoms with Crippen LogP contribution in [0, 0.1) is 12.8 Å². The summed E-state index contributed by atoms with van der Waals surface area (Å²) in [7, 11) is -3.78. The highest BCUT2D eigenvalue weighted by Crippen LogP contribution is 2.37. The number of carbonyl (C=O) groups is 1. The van der Waals surface area contributed by atoms with Crippen molar-refractivity contribution >= 4 is 16.1 Å². The van der Waals surface area contributed by atoms with E-state index in [1.807, 2.05) is 24.3 Å². The second-order valence-electron chi connectivity index (χ2n) is 7.39. The lowest BCUT2D eigenvalue weighted by Crippen LogP contribution is -2.19. The van der Waals surface area contributed by atoms with Crippen LogP contribution >= 0.6 is 0 Å². The molecule has 150 valence electrons. The molecule has 0 heterocycles. The summed E-state index contributed by atoms with van der Waals surface area (Å²) in [5, 5.41) is 9.63. The van der Waals surface area contributed by atoms with Gasteiger partial charge in [-0.15, -0.1) is 0 Å². The summed E-state index contributed by atoms with van der Waals surface area (Å²) in [5.41, 5.74) is 2.38. The number of carboxylic acids is 1. The van der Waals surface area contributed by atoms with E-state index >= 15 is 0 Å². The molecule has 3 rings (SSSR count). The molecule has 0 saturated heterocycles. The number of rotatable bonds is 8. The van der Waals surface area contributed by atoms with Crippen molar-refractivity contribution in [3.63, 3.8) is 0 Å². The van der Waals surface area contributed by atoms with Gasteiger partial charge in [-0.3, -0.25) is 8.98 Å². The molecule has 1 unspecified atom stereocenters. The first-order valence-electron chi connectivity index (χ1n) is 9.65. The molecule has 1 saturated carbocycles.